The van der Waals surface area contributed by atoms with Gasteiger partial charge in [-0.25, -0.2) is 9.97 Å². The maximum Gasteiger partial charge on any atom is 0.137 e. The molecular formula is C22H22BrN3O3. The molecule has 0 aliphatic carbocycles. The number of para-hydroxylation sites is 1. The van der Waals surface area contributed by atoms with Gasteiger partial charge in [-0.3, -0.25) is 0 Å². The second-order valence-corrected chi connectivity index (χ2v) is 8.42. The SMILES string of the molecule is COc1cc2c(NC3CC4(CCOCC4)Oc4ccccc43)ncnc2cc1Br. The number of fused-ring (bicyclic) bond motifs is 2. The summed E-state index contributed by atoms with van der Waals surface area (Å²) in [6.07, 6.45) is 4.25. The second kappa shape index (κ2) is 7.46. The molecule has 1 saturated heterocycles. The van der Waals surface area contributed by atoms with Crippen LogP contribution in [0.1, 0.15) is 30.9 Å². The lowest BCUT2D eigenvalue weighted by molar-refractivity contribution is -0.0608. The first-order valence-electron chi connectivity index (χ1n) is 9.78. The van der Waals surface area contributed by atoms with Crippen LogP contribution in [0, 0.1) is 0 Å². The Kier molecular flexibility index (Phi) is 4.80. The molecule has 1 aromatic heterocycles. The molecule has 3 heterocycles. The summed E-state index contributed by atoms with van der Waals surface area (Å²) in [6.45, 7) is 1.47. The Balaban J connectivity index is 1.55. The third-order valence-corrected chi connectivity index (χ3v) is 6.44. The van der Waals surface area contributed by atoms with Gasteiger partial charge in [-0.15, -0.1) is 0 Å². The van der Waals surface area contributed by atoms with Crippen molar-refractivity contribution in [3.63, 3.8) is 0 Å². The molecule has 150 valence electrons. The van der Waals surface area contributed by atoms with Crippen molar-refractivity contribution in [3.05, 3.63) is 52.8 Å². The first-order valence-corrected chi connectivity index (χ1v) is 10.6. The number of rotatable bonds is 3. The summed E-state index contributed by atoms with van der Waals surface area (Å²) < 4.78 is 18.4. The van der Waals surface area contributed by atoms with E-state index in [-0.39, 0.29) is 11.6 Å². The summed E-state index contributed by atoms with van der Waals surface area (Å²) >= 11 is 3.54. The van der Waals surface area contributed by atoms with Crippen LogP contribution in [0.3, 0.4) is 0 Å². The Hall–Kier alpha value is -2.38. The Morgan fingerprint density at radius 2 is 2.00 bits per heavy atom. The quantitative estimate of drug-likeness (QED) is 0.606. The molecule has 1 spiro atoms. The monoisotopic (exact) mass is 455 g/mol. The number of nitrogens with zero attached hydrogens (tertiary/aromatic N) is 2. The van der Waals surface area contributed by atoms with Crippen LogP contribution in [0.5, 0.6) is 11.5 Å². The number of ether oxygens (including phenoxy) is 3. The Morgan fingerprint density at radius 1 is 1.17 bits per heavy atom. The molecule has 6 nitrogen and oxygen atoms in total. The smallest absolute Gasteiger partial charge is 0.137 e. The average Bonchev–Trinajstić information content (AvgIpc) is 2.74. The highest BCUT2D eigenvalue weighted by Crippen LogP contribution is 2.45. The predicted molar refractivity (Wildman–Crippen MR) is 115 cm³/mol. The highest BCUT2D eigenvalue weighted by atomic mass is 79.9. The minimum absolute atomic E-state index is 0.0887. The van der Waals surface area contributed by atoms with Gasteiger partial charge in [0.15, 0.2) is 0 Å². The fourth-order valence-electron chi connectivity index (χ4n) is 4.29. The van der Waals surface area contributed by atoms with Gasteiger partial charge in [0.05, 0.1) is 36.4 Å². The van der Waals surface area contributed by atoms with E-state index in [1.807, 2.05) is 18.2 Å². The number of halogens is 1. The van der Waals surface area contributed by atoms with E-state index in [9.17, 15) is 0 Å². The standard InChI is InChI=1S/C22H22BrN3O3/c1-27-20-10-15-17(11-16(20)23)24-13-25-21(15)26-18-12-22(6-8-28-9-7-22)29-19-5-3-2-4-14(18)19/h2-5,10-11,13,18H,6-9,12H2,1H3,(H,24,25,26). The van der Waals surface area contributed by atoms with Crippen LogP contribution in [0.25, 0.3) is 10.9 Å². The molecule has 2 aliphatic rings. The zero-order valence-corrected chi connectivity index (χ0v) is 17.7. The number of aromatic nitrogens is 2. The van der Waals surface area contributed by atoms with E-state index in [1.54, 1.807) is 13.4 Å². The van der Waals surface area contributed by atoms with Crippen molar-refractivity contribution < 1.29 is 14.2 Å². The molecule has 29 heavy (non-hydrogen) atoms. The van der Waals surface area contributed by atoms with Gasteiger partial charge in [0, 0.05) is 30.2 Å². The van der Waals surface area contributed by atoms with E-state index in [4.69, 9.17) is 14.2 Å². The van der Waals surface area contributed by atoms with Crippen molar-refractivity contribution in [3.8, 4) is 11.5 Å². The summed E-state index contributed by atoms with van der Waals surface area (Å²) in [7, 11) is 1.66. The van der Waals surface area contributed by atoms with Gasteiger partial charge in [-0.2, -0.15) is 0 Å². The molecule has 0 saturated carbocycles. The second-order valence-electron chi connectivity index (χ2n) is 7.56. The molecule has 2 aromatic carbocycles. The largest absolute Gasteiger partial charge is 0.496 e. The van der Waals surface area contributed by atoms with Crippen LogP contribution in [0.15, 0.2) is 47.2 Å². The number of hydrogen-bond acceptors (Lipinski definition) is 6. The fourth-order valence-corrected chi connectivity index (χ4v) is 4.78. The van der Waals surface area contributed by atoms with Gasteiger partial charge < -0.3 is 19.5 Å². The van der Waals surface area contributed by atoms with Crippen molar-refractivity contribution in [2.75, 3.05) is 25.6 Å². The number of hydrogen-bond donors (Lipinski definition) is 1. The van der Waals surface area contributed by atoms with Gasteiger partial charge in [0.25, 0.3) is 0 Å². The Morgan fingerprint density at radius 3 is 2.83 bits per heavy atom. The lowest BCUT2D eigenvalue weighted by Gasteiger charge is -2.44. The molecule has 1 N–H and O–H groups in total. The van der Waals surface area contributed by atoms with Gasteiger partial charge in [0.1, 0.15) is 29.2 Å². The summed E-state index contributed by atoms with van der Waals surface area (Å²) in [5.41, 5.74) is 1.81. The minimum Gasteiger partial charge on any atom is -0.496 e. The van der Waals surface area contributed by atoms with E-state index in [0.29, 0.717) is 0 Å². The van der Waals surface area contributed by atoms with Gasteiger partial charge in [-0.1, -0.05) is 18.2 Å². The molecule has 1 fully saturated rings. The topological polar surface area (TPSA) is 65.5 Å². The van der Waals surface area contributed by atoms with E-state index < -0.39 is 0 Å². The Bertz CT molecular complexity index is 1050. The highest BCUT2D eigenvalue weighted by Gasteiger charge is 2.42. The van der Waals surface area contributed by atoms with E-state index in [2.05, 4.69) is 49.4 Å². The lowest BCUT2D eigenvalue weighted by Crippen LogP contribution is -2.46. The van der Waals surface area contributed by atoms with Crippen molar-refractivity contribution in [2.24, 2.45) is 0 Å². The van der Waals surface area contributed by atoms with Gasteiger partial charge in [0.2, 0.25) is 0 Å². The van der Waals surface area contributed by atoms with E-state index in [0.717, 1.165) is 70.7 Å². The van der Waals surface area contributed by atoms with Crippen LogP contribution >= 0.6 is 15.9 Å². The molecule has 7 heteroatoms. The van der Waals surface area contributed by atoms with E-state index in [1.165, 1.54) is 0 Å². The van der Waals surface area contributed by atoms with Crippen LogP contribution < -0.4 is 14.8 Å². The molecule has 1 unspecified atom stereocenters. The number of benzene rings is 2. The van der Waals surface area contributed by atoms with Crippen molar-refractivity contribution in [1.82, 2.24) is 9.97 Å². The number of methoxy groups -OCH3 is 1. The summed E-state index contributed by atoms with van der Waals surface area (Å²) in [4.78, 5) is 8.97. The molecule has 2 aliphatic heterocycles. The normalized spacial score (nSPS) is 20.1. The zero-order chi connectivity index (χ0) is 19.8. The molecule has 0 amide bonds. The van der Waals surface area contributed by atoms with E-state index >= 15 is 0 Å². The predicted octanol–water partition coefficient (Wildman–Crippen LogP) is 4.89. The molecular weight excluding hydrogens is 434 g/mol. The Labute approximate surface area is 177 Å². The molecule has 5 rings (SSSR count). The zero-order valence-electron chi connectivity index (χ0n) is 16.2. The van der Waals surface area contributed by atoms with Crippen LogP contribution in [-0.4, -0.2) is 35.9 Å². The maximum atomic E-state index is 6.49. The first kappa shape index (κ1) is 18.6. The lowest BCUT2D eigenvalue weighted by atomic mass is 9.82. The third kappa shape index (κ3) is 3.42. The highest BCUT2D eigenvalue weighted by molar-refractivity contribution is 9.10. The summed E-state index contributed by atoms with van der Waals surface area (Å²) in [6, 6.07) is 12.3. The fraction of sp³-hybridized carbons (Fsp3) is 0.364. The van der Waals surface area contributed by atoms with Gasteiger partial charge >= 0.3 is 0 Å². The van der Waals surface area contributed by atoms with Crippen molar-refractivity contribution in [2.45, 2.75) is 30.9 Å². The van der Waals surface area contributed by atoms with Crippen LogP contribution in [0.4, 0.5) is 5.82 Å². The molecule has 0 bridgehead atoms. The van der Waals surface area contributed by atoms with Crippen LogP contribution in [-0.2, 0) is 4.74 Å². The third-order valence-electron chi connectivity index (χ3n) is 5.82. The van der Waals surface area contributed by atoms with Crippen molar-refractivity contribution >= 4 is 32.7 Å². The van der Waals surface area contributed by atoms with Gasteiger partial charge in [-0.05, 0) is 34.1 Å². The molecule has 0 radical (unpaired) electrons. The summed E-state index contributed by atoms with van der Waals surface area (Å²) in [5, 5.41) is 4.61. The minimum atomic E-state index is -0.201. The van der Waals surface area contributed by atoms with Crippen molar-refractivity contribution in [1.29, 1.82) is 0 Å². The molecule has 1 atom stereocenters. The number of anilines is 1. The van der Waals surface area contributed by atoms with Crippen LogP contribution in [0.2, 0.25) is 0 Å². The maximum absolute atomic E-state index is 6.49. The average molecular weight is 456 g/mol. The molecule has 3 aromatic rings. The summed E-state index contributed by atoms with van der Waals surface area (Å²) in [5.74, 6) is 2.49. The number of nitrogens with one attached hydrogen (secondary N) is 1. The first-order chi connectivity index (χ1) is 14.2.